The molecule has 6 nitrogen and oxygen atoms in total. The fourth-order valence-corrected chi connectivity index (χ4v) is 3.20. The van der Waals surface area contributed by atoms with Crippen molar-refractivity contribution in [2.75, 3.05) is 19.8 Å². The molecule has 0 spiro atoms. The molecule has 1 amide bonds. The van der Waals surface area contributed by atoms with E-state index in [2.05, 4.69) is 10.2 Å². The highest BCUT2D eigenvalue weighted by atomic mass is 32.1. The number of rotatable bonds is 3. The number of ether oxygens (including phenoxy) is 1. The number of aryl methyl sites for hydroxylation is 1. The van der Waals surface area contributed by atoms with Gasteiger partial charge in [-0.25, -0.2) is 0 Å². The van der Waals surface area contributed by atoms with Crippen molar-refractivity contribution in [1.29, 1.82) is 0 Å². The van der Waals surface area contributed by atoms with Gasteiger partial charge in [0, 0.05) is 18.3 Å². The molecule has 0 N–H and O–H groups in total. The Bertz CT molecular complexity index is 611. The summed E-state index contributed by atoms with van der Waals surface area (Å²) in [5.74, 6) is 0.837. The monoisotopic (exact) mass is 307 g/mol. The topological polar surface area (TPSA) is 68.5 Å². The average Bonchev–Trinajstić information content (AvgIpc) is 3.17. The molecule has 0 saturated carbocycles. The Balaban J connectivity index is 1.82. The third-order valence-electron chi connectivity index (χ3n) is 3.58. The van der Waals surface area contributed by atoms with Gasteiger partial charge in [-0.05, 0) is 18.4 Å². The highest BCUT2D eigenvalue weighted by molar-refractivity contribution is 7.10. The van der Waals surface area contributed by atoms with Crippen LogP contribution in [-0.4, -0.2) is 40.8 Å². The molecule has 1 saturated heterocycles. The van der Waals surface area contributed by atoms with Crippen molar-refractivity contribution >= 4 is 17.2 Å². The van der Waals surface area contributed by atoms with Crippen molar-refractivity contribution < 1.29 is 13.9 Å². The average molecular weight is 307 g/mol. The van der Waals surface area contributed by atoms with Crippen molar-refractivity contribution in [3.05, 3.63) is 34.2 Å². The van der Waals surface area contributed by atoms with E-state index in [4.69, 9.17) is 9.15 Å². The molecule has 3 heterocycles. The van der Waals surface area contributed by atoms with E-state index < -0.39 is 0 Å². The summed E-state index contributed by atoms with van der Waals surface area (Å²) in [4.78, 5) is 15.6. The molecule has 1 aliphatic rings. The third kappa shape index (κ3) is 2.84. The highest BCUT2D eigenvalue weighted by Gasteiger charge is 2.35. The SMILES string of the molecule is Cc1nnc([C@@H]2COCCN2C(=O)[C@@H](C)c2cccs2)o1. The number of carbonyl (C=O) groups excluding carboxylic acids is 1. The van der Waals surface area contributed by atoms with Gasteiger partial charge in [-0.1, -0.05) is 6.07 Å². The summed E-state index contributed by atoms with van der Waals surface area (Å²) in [5.41, 5.74) is 0. The second-order valence-corrected chi connectivity index (χ2v) is 6.00. The van der Waals surface area contributed by atoms with Crippen LogP contribution in [0, 0.1) is 6.92 Å². The molecule has 0 unspecified atom stereocenters. The molecule has 112 valence electrons. The number of morpholine rings is 1. The van der Waals surface area contributed by atoms with Crippen LogP contribution in [0.3, 0.4) is 0 Å². The molecule has 0 aliphatic carbocycles. The minimum absolute atomic E-state index is 0.0709. The van der Waals surface area contributed by atoms with Crippen LogP contribution in [0.25, 0.3) is 0 Å². The molecular weight excluding hydrogens is 290 g/mol. The van der Waals surface area contributed by atoms with E-state index in [1.807, 2.05) is 24.4 Å². The maximum absolute atomic E-state index is 12.8. The number of nitrogens with zero attached hydrogens (tertiary/aromatic N) is 3. The maximum Gasteiger partial charge on any atom is 0.241 e. The van der Waals surface area contributed by atoms with Gasteiger partial charge in [0.1, 0.15) is 6.04 Å². The molecule has 3 rings (SSSR count). The van der Waals surface area contributed by atoms with Gasteiger partial charge < -0.3 is 14.1 Å². The molecule has 7 heteroatoms. The smallest absolute Gasteiger partial charge is 0.241 e. The molecule has 21 heavy (non-hydrogen) atoms. The van der Waals surface area contributed by atoms with Crippen molar-refractivity contribution in [2.45, 2.75) is 25.8 Å². The van der Waals surface area contributed by atoms with E-state index in [1.54, 1.807) is 23.2 Å². The molecule has 2 aromatic heterocycles. The van der Waals surface area contributed by atoms with Crippen molar-refractivity contribution in [2.24, 2.45) is 0 Å². The zero-order chi connectivity index (χ0) is 14.8. The Labute approximate surface area is 126 Å². The largest absolute Gasteiger partial charge is 0.423 e. The molecule has 1 aliphatic heterocycles. The zero-order valence-electron chi connectivity index (χ0n) is 12.0. The molecular formula is C14H17N3O3S. The number of hydrogen-bond acceptors (Lipinski definition) is 6. The van der Waals surface area contributed by atoms with E-state index in [9.17, 15) is 4.79 Å². The van der Waals surface area contributed by atoms with Gasteiger partial charge in [0.25, 0.3) is 0 Å². The Morgan fingerprint density at radius 2 is 2.38 bits per heavy atom. The molecule has 2 aromatic rings. The van der Waals surface area contributed by atoms with E-state index in [1.165, 1.54) is 0 Å². The van der Waals surface area contributed by atoms with Crippen LogP contribution in [0.15, 0.2) is 21.9 Å². The van der Waals surface area contributed by atoms with Crippen LogP contribution < -0.4 is 0 Å². The summed E-state index contributed by atoms with van der Waals surface area (Å²) in [6.07, 6.45) is 0. The van der Waals surface area contributed by atoms with E-state index in [-0.39, 0.29) is 17.9 Å². The summed E-state index contributed by atoms with van der Waals surface area (Å²) in [7, 11) is 0. The fraction of sp³-hybridized carbons (Fsp3) is 0.500. The Morgan fingerprint density at radius 3 is 3.05 bits per heavy atom. The van der Waals surface area contributed by atoms with Gasteiger partial charge in [-0.15, -0.1) is 21.5 Å². The molecule has 0 radical (unpaired) electrons. The van der Waals surface area contributed by atoms with E-state index in [0.29, 0.717) is 31.5 Å². The molecule has 2 atom stereocenters. The van der Waals surface area contributed by atoms with E-state index in [0.717, 1.165) is 4.88 Å². The predicted octanol–water partition coefficient (Wildman–Crippen LogP) is 2.14. The number of carbonyl (C=O) groups is 1. The zero-order valence-corrected chi connectivity index (χ0v) is 12.8. The summed E-state index contributed by atoms with van der Waals surface area (Å²) in [6, 6.07) is 3.65. The second-order valence-electron chi connectivity index (χ2n) is 5.02. The normalized spacial score (nSPS) is 20.5. The van der Waals surface area contributed by atoms with Crippen LogP contribution in [-0.2, 0) is 9.53 Å². The lowest BCUT2D eigenvalue weighted by atomic mass is 10.1. The third-order valence-corrected chi connectivity index (χ3v) is 4.63. The van der Waals surface area contributed by atoms with Crippen LogP contribution in [0.2, 0.25) is 0 Å². The minimum atomic E-state index is -0.296. The lowest BCUT2D eigenvalue weighted by Gasteiger charge is -2.35. The highest BCUT2D eigenvalue weighted by Crippen LogP contribution is 2.29. The maximum atomic E-state index is 12.8. The summed E-state index contributed by atoms with van der Waals surface area (Å²) in [5, 5.41) is 9.86. The lowest BCUT2D eigenvalue weighted by Crippen LogP contribution is -2.45. The first-order valence-electron chi connectivity index (χ1n) is 6.88. The first-order valence-corrected chi connectivity index (χ1v) is 7.76. The van der Waals surface area contributed by atoms with Gasteiger partial charge in [-0.3, -0.25) is 4.79 Å². The number of aromatic nitrogens is 2. The van der Waals surface area contributed by atoms with Crippen molar-refractivity contribution in [1.82, 2.24) is 15.1 Å². The molecule has 0 aromatic carbocycles. The first kappa shape index (κ1) is 14.2. The Morgan fingerprint density at radius 1 is 1.52 bits per heavy atom. The van der Waals surface area contributed by atoms with Crippen molar-refractivity contribution in [3.63, 3.8) is 0 Å². The second kappa shape index (κ2) is 5.95. The number of amides is 1. The first-order chi connectivity index (χ1) is 10.2. The molecule has 0 bridgehead atoms. The quantitative estimate of drug-likeness (QED) is 0.869. The minimum Gasteiger partial charge on any atom is -0.423 e. The summed E-state index contributed by atoms with van der Waals surface area (Å²) in [6.45, 7) is 5.14. The van der Waals surface area contributed by atoms with Crippen LogP contribution in [0.1, 0.15) is 35.5 Å². The molecule has 1 fully saturated rings. The van der Waals surface area contributed by atoms with Gasteiger partial charge in [0.05, 0.1) is 19.1 Å². The van der Waals surface area contributed by atoms with Crippen LogP contribution >= 0.6 is 11.3 Å². The number of hydrogen-bond donors (Lipinski definition) is 0. The van der Waals surface area contributed by atoms with Gasteiger partial charge in [-0.2, -0.15) is 0 Å². The van der Waals surface area contributed by atoms with Gasteiger partial charge in [0.15, 0.2) is 0 Å². The summed E-state index contributed by atoms with van der Waals surface area (Å²) < 4.78 is 11.0. The van der Waals surface area contributed by atoms with Gasteiger partial charge >= 0.3 is 0 Å². The summed E-state index contributed by atoms with van der Waals surface area (Å²) >= 11 is 1.59. The lowest BCUT2D eigenvalue weighted by molar-refractivity contribution is -0.142. The number of thiophene rings is 1. The Hall–Kier alpha value is -1.73. The predicted molar refractivity (Wildman–Crippen MR) is 77.0 cm³/mol. The van der Waals surface area contributed by atoms with Crippen molar-refractivity contribution in [3.8, 4) is 0 Å². The van der Waals surface area contributed by atoms with Crippen LogP contribution in [0.4, 0.5) is 0 Å². The fourth-order valence-electron chi connectivity index (χ4n) is 2.43. The van der Waals surface area contributed by atoms with Crippen LogP contribution in [0.5, 0.6) is 0 Å². The van der Waals surface area contributed by atoms with Gasteiger partial charge in [0.2, 0.25) is 17.7 Å². The van der Waals surface area contributed by atoms with E-state index >= 15 is 0 Å². The Kier molecular flexibility index (Phi) is 4.03. The standard InChI is InChI=1S/C14H17N3O3S/c1-9(12-4-3-7-21-12)14(18)17-5-6-19-8-11(17)13-16-15-10(2)20-13/h3-4,7,9,11H,5-6,8H2,1-2H3/t9-,11-/m0/s1.